The fraction of sp³-hybridized carbons (Fsp3) is 0.154. The number of rotatable bonds is 4. The average molecular weight is 260 g/mol. The molecule has 19 heavy (non-hydrogen) atoms. The Balaban J connectivity index is 2.08. The zero-order valence-corrected chi connectivity index (χ0v) is 10.5. The smallest absolute Gasteiger partial charge is 0.358 e. The van der Waals surface area contributed by atoms with Gasteiger partial charge in [-0.2, -0.15) is 0 Å². The number of hydrogen-bond acceptors (Lipinski definition) is 6. The molecule has 0 unspecified atom stereocenters. The fourth-order valence-corrected chi connectivity index (χ4v) is 1.34. The van der Waals surface area contributed by atoms with Crippen molar-refractivity contribution in [2.75, 3.05) is 14.2 Å². The number of benzene rings is 1. The van der Waals surface area contributed by atoms with Gasteiger partial charge in [-0.25, -0.2) is 14.8 Å². The van der Waals surface area contributed by atoms with Crippen LogP contribution < -0.4 is 9.47 Å². The highest BCUT2D eigenvalue weighted by Gasteiger charge is 2.08. The van der Waals surface area contributed by atoms with Crippen LogP contribution in [0.2, 0.25) is 0 Å². The highest BCUT2D eigenvalue weighted by Crippen LogP contribution is 2.21. The number of nitrogens with zero attached hydrogens (tertiary/aromatic N) is 2. The lowest BCUT2D eigenvalue weighted by Crippen LogP contribution is -2.04. The van der Waals surface area contributed by atoms with Crippen LogP contribution in [-0.4, -0.2) is 30.2 Å². The van der Waals surface area contributed by atoms with E-state index in [0.29, 0.717) is 5.75 Å². The van der Waals surface area contributed by atoms with Gasteiger partial charge in [0.2, 0.25) is 5.88 Å². The molecule has 2 rings (SSSR count). The molecule has 6 heteroatoms. The molecule has 0 spiro atoms. The Labute approximate surface area is 110 Å². The zero-order chi connectivity index (χ0) is 13.7. The number of carbonyl (C=O) groups is 1. The summed E-state index contributed by atoms with van der Waals surface area (Å²) >= 11 is 0. The van der Waals surface area contributed by atoms with Crippen LogP contribution in [0.25, 0.3) is 0 Å². The highest BCUT2D eigenvalue weighted by atomic mass is 16.5. The molecule has 0 saturated heterocycles. The minimum absolute atomic E-state index is 0.129. The lowest BCUT2D eigenvalue weighted by molar-refractivity contribution is 0.0593. The monoisotopic (exact) mass is 260 g/mol. The normalized spacial score (nSPS) is 9.79. The SMILES string of the molecule is COC(=O)c1cnc(Oc2ccc(OC)cc2)cn1. The molecule has 1 heterocycles. The molecule has 98 valence electrons. The number of hydrogen-bond donors (Lipinski definition) is 0. The predicted octanol–water partition coefficient (Wildman–Crippen LogP) is 2.06. The summed E-state index contributed by atoms with van der Waals surface area (Å²) in [5, 5.41) is 0. The van der Waals surface area contributed by atoms with E-state index in [9.17, 15) is 4.79 Å². The molecule has 0 bridgehead atoms. The first-order valence-electron chi connectivity index (χ1n) is 5.45. The summed E-state index contributed by atoms with van der Waals surface area (Å²) in [7, 11) is 2.87. The van der Waals surface area contributed by atoms with Gasteiger partial charge in [0.1, 0.15) is 11.5 Å². The molecule has 0 aliphatic rings. The summed E-state index contributed by atoms with van der Waals surface area (Å²) in [6, 6.07) is 7.03. The Kier molecular flexibility index (Phi) is 3.92. The van der Waals surface area contributed by atoms with Crippen molar-refractivity contribution in [1.82, 2.24) is 9.97 Å². The van der Waals surface area contributed by atoms with Crippen molar-refractivity contribution in [3.05, 3.63) is 42.4 Å². The van der Waals surface area contributed by atoms with Crippen molar-refractivity contribution in [2.45, 2.75) is 0 Å². The van der Waals surface area contributed by atoms with E-state index in [1.54, 1.807) is 31.4 Å². The van der Waals surface area contributed by atoms with Crippen molar-refractivity contribution in [3.63, 3.8) is 0 Å². The van der Waals surface area contributed by atoms with E-state index >= 15 is 0 Å². The standard InChI is InChI=1S/C13H12N2O4/c1-17-9-3-5-10(6-4-9)19-12-8-14-11(7-15-12)13(16)18-2/h3-8H,1-2H3. The van der Waals surface area contributed by atoms with Gasteiger partial charge in [0.25, 0.3) is 0 Å². The van der Waals surface area contributed by atoms with Gasteiger partial charge in [-0.1, -0.05) is 0 Å². The molecule has 0 N–H and O–H groups in total. The van der Waals surface area contributed by atoms with Gasteiger partial charge in [0.15, 0.2) is 5.69 Å². The first-order chi connectivity index (χ1) is 9.22. The van der Waals surface area contributed by atoms with Gasteiger partial charge < -0.3 is 14.2 Å². The van der Waals surface area contributed by atoms with Crippen molar-refractivity contribution in [2.24, 2.45) is 0 Å². The van der Waals surface area contributed by atoms with Crippen molar-refractivity contribution >= 4 is 5.97 Å². The molecule has 2 aromatic rings. The van der Waals surface area contributed by atoms with Gasteiger partial charge in [0.05, 0.1) is 26.6 Å². The Hall–Kier alpha value is -2.63. The molecular formula is C13H12N2O4. The van der Waals surface area contributed by atoms with E-state index < -0.39 is 5.97 Å². The maximum atomic E-state index is 11.2. The van der Waals surface area contributed by atoms with Crippen LogP contribution >= 0.6 is 0 Å². The van der Waals surface area contributed by atoms with Crippen LogP contribution in [0.15, 0.2) is 36.7 Å². The summed E-state index contributed by atoms with van der Waals surface area (Å²) in [5.41, 5.74) is 0.129. The average Bonchev–Trinajstić information content (AvgIpc) is 2.48. The first-order valence-corrected chi connectivity index (χ1v) is 5.45. The van der Waals surface area contributed by atoms with E-state index in [0.717, 1.165) is 5.75 Å². The summed E-state index contributed by atoms with van der Waals surface area (Å²) in [6.07, 6.45) is 2.65. The number of aromatic nitrogens is 2. The maximum absolute atomic E-state index is 11.2. The van der Waals surface area contributed by atoms with E-state index in [-0.39, 0.29) is 11.6 Å². The minimum atomic E-state index is -0.538. The van der Waals surface area contributed by atoms with Gasteiger partial charge in [0, 0.05) is 0 Å². The summed E-state index contributed by atoms with van der Waals surface area (Å²) in [5.74, 6) is 1.08. The van der Waals surface area contributed by atoms with Crippen molar-refractivity contribution < 1.29 is 19.0 Å². The third kappa shape index (κ3) is 3.19. The van der Waals surface area contributed by atoms with Crippen molar-refractivity contribution in [3.8, 4) is 17.4 Å². The summed E-state index contributed by atoms with van der Waals surface area (Å²) in [4.78, 5) is 19.0. The molecule has 0 saturated carbocycles. The zero-order valence-electron chi connectivity index (χ0n) is 10.5. The van der Waals surface area contributed by atoms with Crippen molar-refractivity contribution in [1.29, 1.82) is 0 Å². The predicted molar refractivity (Wildman–Crippen MR) is 66.4 cm³/mol. The number of ether oxygens (including phenoxy) is 3. The highest BCUT2D eigenvalue weighted by molar-refractivity contribution is 5.86. The molecule has 1 aromatic heterocycles. The van der Waals surface area contributed by atoms with E-state index in [4.69, 9.17) is 9.47 Å². The molecule has 1 aromatic carbocycles. The number of methoxy groups -OCH3 is 2. The van der Waals surface area contributed by atoms with Gasteiger partial charge in [-0.15, -0.1) is 0 Å². The molecule has 0 amide bonds. The Morgan fingerprint density at radius 1 is 1.00 bits per heavy atom. The van der Waals surface area contributed by atoms with Gasteiger partial charge >= 0.3 is 5.97 Å². The topological polar surface area (TPSA) is 70.5 Å². The van der Waals surface area contributed by atoms with Gasteiger partial charge in [-0.3, -0.25) is 0 Å². The van der Waals surface area contributed by atoms with Crippen LogP contribution in [0, 0.1) is 0 Å². The quantitative estimate of drug-likeness (QED) is 0.784. The molecule has 0 radical (unpaired) electrons. The second-order valence-electron chi connectivity index (χ2n) is 3.51. The molecule has 0 fully saturated rings. The molecule has 0 atom stereocenters. The number of carbonyl (C=O) groups excluding carboxylic acids is 1. The van der Waals surface area contributed by atoms with E-state index in [1.165, 1.54) is 19.5 Å². The second kappa shape index (κ2) is 5.81. The molecular weight excluding hydrogens is 248 g/mol. The van der Waals surface area contributed by atoms with Crippen LogP contribution in [0.4, 0.5) is 0 Å². The Bertz CT molecular complexity index is 552. The maximum Gasteiger partial charge on any atom is 0.358 e. The fourth-order valence-electron chi connectivity index (χ4n) is 1.34. The minimum Gasteiger partial charge on any atom is -0.497 e. The van der Waals surface area contributed by atoms with E-state index in [2.05, 4.69) is 14.7 Å². The van der Waals surface area contributed by atoms with Crippen LogP contribution in [0.1, 0.15) is 10.5 Å². The lowest BCUT2D eigenvalue weighted by Gasteiger charge is -2.05. The molecule has 6 nitrogen and oxygen atoms in total. The molecule has 0 aliphatic heterocycles. The van der Waals surface area contributed by atoms with E-state index in [1.807, 2.05) is 0 Å². The second-order valence-corrected chi connectivity index (χ2v) is 3.51. The summed E-state index contributed by atoms with van der Waals surface area (Å²) in [6.45, 7) is 0. The molecule has 0 aliphatic carbocycles. The third-order valence-corrected chi connectivity index (χ3v) is 2.30. The number of esters is 1. The summed E-state index contributed by atoms with van der Waals surface area (Å²) < 4.78 is 15.0. The third-order valence-electron chi connectivity index (χ3n) is 2.30. The first kappa shape index (κ1) is 12.8. The Morgan fingerprint density at radius 2 is 1.68 bits per heavy atom. The van der Waals surface area contributed by atoms with Gasteiger partial charge in [-0.05, 0) is 24.3 Å². The lowest BCUT2D eigenvalue weighted by atomic mass is 10.3. The van der Waals surface area contributed by atoms with Crippen LogP contribution in [0.5, 0.6) is 17.4 Å². The van der Waals surface area contributed by atoms with Crippen LogP contribution in [0.3, 0.4) is 0 Å². The Morgan fingerprint density at radius 3 is 2.21 bits per heavy atom. The largest absolute Gasteiger partial charge is 0.497 e. The van der Waals surface area contributed by atoms with Crippen LogP contribution in [-0.2, 0) is 4.74 Å².